The van der Waals surface area contributed by atoms with Crippen molar-refractivity contribution < 1.29 is 24.4 Å². The first kappa shape index (κ1) is 16.9. The summed E-state index contributed by atoms with van der Waals surface area (Å²) in [4.78, 5) is 32.7. The van der Waals surface area contributed by atoms with Gasteiger partial charge in [-0.15, -0.1) is 0 Å². The van der Waals surface area contributed by atoms with E-state index >= 15 is 0 Å². The first-order valence-corrected chi connectivity index (χ1v) is 6.19. The second kappa shape index (κ2) is 7.55. The number of carbonyl (C=O) groups is 2. The Bertz CT molecular complexity index is 563. The van der Waals surface area contributed by atoms with Crippen molar-refractivity contribution in [3.05, 3.63) is 38.9 Å². The van der Waals surface area contributed by atoms with E-state index in [0.717, 1.165) is 6.07 Å². The number of halogens is 1. The Morgan fingerprint density at radius 1 is 1.52 bits per heavy atom. The lowest BCUT2D eigenvalue weighted by molar-refractivity contribution is -0.385. The predicted molar refractivity (Wildman–Crippen MR) is 73.5 cm³/mol. The zero-order valence-electron chi connectivity index (χ0n) is 11.0. The van der Waals surface area contributed by atoms with E-state index in [1.807, 2.05) is 0 Å². The Kier molecular flexibility index (Phi) is 6.07. The molecular formula is C12H13ClN2O6. The van der Waals surface area contributed by atoms with Gasteiger partial charge in [-0.25, -0.2) is 0 Å². The van der Waals surface area contributed by atoms with Gasteiger partial charge in [0.05, 0.1) is 17.4 Å². The highest BCUT2D eigenvalue weighted by Crippen LogP contribution is 2.23. The summed E-state index contributed by atoms with van der Waals surface area (Å²) in [5, 5.41) is 22.1. The van der Waals surface area contributed by atoms with Gasteiger partial charge in [0.25, 0.3) is 11.6 Å². The Balaban J connectivity index is 2.80. The minimum absolute atomic E-state index is 0.0819. The fourth-order valence-electron chi connectivity index (χ4n) is 1.58. The standard InChI is InChI=1S/C12H13ClN2O6/c1-21-8(5-11(16)17)6-14-12(18)9-3-2-7(13)4-10(9)15(19)20/h2-4,8H,5-6H2,1H3,(H,14,18)(H,16,17). The van der Waals surface area contributed by atoms with Crippen molar-refractivity contribution in [1.82, 2.24) is 5.32 Å². The van der Waals surface area contributed by atoms with E-state index in [9.17, 15) is 19.7 Å². The number of nitro benzene ring substituents is 1. The molecule has 0 saturated heterocycles. The van der Waals surface area contributed by atoms with Gasteiger partial charge in [0.15, 0.2) is 0 Å². The zero-order valence-corrected chi connectivity index (χ0v) is 11.8. The summed E-state index contributed by atoms with van der Waals surface area (Å²) < 4.78 is 4.89. The van der Waals surface area contributed by atoms with Crippen molar-refractivity contribution in [2.45, 2.75) is 12.5 Å². The lowest BCUT2D eigenvalue weighted by atomic mass is 10.1. The van der Waals surface area contributed by atoms with Crippen molar-refractivity contribution in [3.63, 3.8) is 0 Å². The molecule has 1 unspecified atom stereocenters. The van der Waals surface area contributed by atoms with Crippen molar-refractivity contribution in [2.75, 3.05) is 13.7 Å². The molecule has 9 heteroatoms. The summed E-state index contributed by atoms with van der Waals surface area (Å²) >= 11 is 5.65. The molecule has 1 aromatic rings. The van der Waals surface area contributed by atoms with E-state index in [-0.39, 0.29) is 23.6 Å². The van der Waals surface area contributed by atoms with Crippen molar-refractivity contribution in [1.29, 1.82) is 0 Å². The molecule has 1 atom stereocenters. The summed E-state index contributed by atoms with van der Waals surface area (Å²) in [5.74, 6) is -1.78. The molecule has 21 heavy (non-hydrogen) atoms. The van der Waals surface area contributed by atoms with Gasteiger partial charge in [0.2, 0.25) is 0 Å². The molecule has 0 saturated carbocycles. The van der Waals surface area contributed by atoms with Crippen LogP contribution < -0.4 is 5.32 Å². The number of hydrogen-bond donors (Lipinski definition) is 2. The van der Waals surface area contributed by atoms with Crippen LogP contribution in [0.25, 0.3) is 0 Å². The highest BCUT2D eigenvalue weighted by atomic mass is 35.5. The first-order valence-electron chi connectivity index (χ1n) is 5.82. The molecule has 114 valence electrons. The maximum atomic E-state index is 11.9. The molecule has 0 heterocycles. The minimum Gasteiger partial charge on any atom is -0.481 e. The summed E-state index contributed by atoms with van der Waals surface area (Å²) in [6.07, 6.45) is -1.02. The first-order chi connectivity index (χ1) is 9.85. The van der Waals surface area contributed by atoms with Gasteiger partial charge in [-0.3, -0.25) is 19.7 Å². The molecule has 0 spiro atoms. The van der Waals surface area contributed by atoms with E-state index in [4.69, 9.17) is 21.4 Å². The maximum absolute atomic E-state index is 11.9. The topological polar surface area (TPSA) is 119 Å². The fourth-order valence-corrected chi connectivity index (χ4v) is 1.75. The summed E-state index contributed by atoms with van der Waals surface area (Å²) in [6.45, 7) is -0.0819. The summed E-state index contributed by atoms with van der Waals surface area (Å²) in [5.41, 5.74) is -0.582. The molecular weight excluding hydrogens is 304 g/mol. The maximum Gasteiger partial charge on any atom is 0.306 e. The van der Waals surface area contributed by atoms with Crippen LogP contribution in [-0.4, -0.2) is 41.7 Å². The van der Waals surface area contributed by atoms with Crippen LogP contribution in [0, 0.1) is 10.1 Å². The average Bonchev–Trinajstić information content (AvgIpc) is 2.42. The third-order valence-corrected chi connectivity index (χ3v) is 2.86. The Morgan fingerprint density at radius 2 is 2.19 bits per heavy atom. The molecule has 1 rings (SSSR count). The van der Waals surface area contributed by atoms with Crippen LogP contribution in [0.5, 0.6) is 0 Å². The molecule has 0 radical (unpaired) electrons. The molecule has 0 fully saturated rings. The quantitative estimate of drug-likeness (QED) is 0.580. The number of rotatable bonds is 7. The van der Waals surface area contributed by atoms with Gasteiger partial charge in [-0.1, -0.05) is 11.6 Å². The van der Waals surface area contributed by atoms with Gasteiger partial charge in [0.1, 0.15) is 5.56 Å². The second-order valence-corrected chi connectivity index (χ2v) is 4.52. The molecule has 0 aliphatic carbocycles. The third-order valence-electron chi connectivity index (χ3n) is 2.63. The number of amides is 1. The molecule has 0 aliphatic rings. The number of hydrogen-bond acceptors (Lipinski definition) is 5. The fraction of sp³-hybridized carbons (Fsp3) is 0.333. The number of nitrogens with zero attached hydrogens (tertiary/aromatic N) is 1. The van der Waals surface area contributed by atoms with E-state index < -0.39 is 28.6 Å². The van der Waals surface area contributed by atoms with Gasteiger partial charge in [0, 0.05) is 24.7 Å². The van der Waals surface area contributed by atoms with Gasteiger partial charge >= 0.3 is 5.97 Å². The number of nitro groups is 1. The monoisotopic (exact) mass is 316 g/mol. The SMILES string of the molecule is COC(CNC(=O)c1ccc(Cl)cc1[N+](=O)[O-])CC(=O)O. The van der Waals surface area contributed by atoms with E-state index in [2.05, 4.69) is 5.32 Å². The molecule has 0 aliphatic heterocycles. The van der Waals surface area contributed by atoms with Gasteiger partial charge in [-0.05, 0) is 12.1 Å². The number of carbonyl (C=O) groups excluding carboxylic acids is 1. The lowest BCUT2D eigenvalue weighted by Crippen LogP contribution is -2.34. The molecule has 1 aromatic carbocycles. The van der Waals surface area contributed by atoms with E-state index in [1.165, 1.54) is 19.2 Å². The largest absolute Gasteiger partial charge is 0.481 e. The second-order valence-electron chi connectivity index (χ2n) is 4.08. The molecule has 1 amide bonds. The highest BCUT2D eigenvalue weighted by molar-refractivity contribution is 6.31. The molecule has 8 nitrogen and oxygen atoms in total. The number of nitrogens with one attached hydrogen (secondary N) is 1. The number of benzene rings is 1. The van der Waals surface area contributed by atoms with Crippen LogP contribution in [0.1, 0.15) is 16.8 Å². The van der Waals surface area contributed by atoms with Gasteiger partial charge in [-0.2, -0.15) is 0 Å². The third kappa shape index (κ3) is 5.01. The van der Waals surface area contributed by atoms with Crippen molar-refractivity contribution in [3.8, 4) is 0 Å². The van der Waals surface area contributed by atoms with Crippen LogP contribution in [0.15, 0.2) is 18.2 Å². The number of methoxy groups -OCH3 is 1. The van der Waals surface area contributed by atoms with Crippen LogP contribution >= 0.6 is 11.6 Å². The van der Waals surface area contributed by atoms with E-state index in [0.29, 0.717) is 0 Å². The number of ether oxygens (including phenoxy) is 1. The average molecular weight is 317 g/mol. The molecule has 0 bridgehead atoms. The Labute approximate surface area is 124 Å². The predicted octanol–water partition coefficient (Wildman–Crippen LogP) is 1.47. The number of carboxylic acid groups (broad SMARTS) is 1. The highest BCUT2D eigenvalue weighted by Gasteiger charge is 2.21. The smallest absolute Gasteiger partial charge is 0.306 e. The number of aliphatic carboxylic acids is 1. The van der Waals surface area contributed by atoms with Crippen LogP contribution in [-0.2, 0) is 9.53 Å². The lowest BCUT2D eigenvalue weighted by Gasteiger charge is -2.14. The zero-order chi connectivity index (χ0) is 16.0. The Morgan fingerprint density at radius 3 is 2.71 bits per heavy atom. The van der Waals surface area contributed by atoms with Crippen molar-refractivity contribution in [2.24, 2.45) is 0 Å². The summed E-state index contributed by atoms with van der Waals surface area (Å²) in [6, 6.07) is 3.66. The van der Waals surface area contributed by atoms with Crippen molar-refractivity contribution >= 4 is 29.2 Å². The van der Waals surface area contributed by atoms with E-state index in [1.54, 1.807) is 0 Å². The minimum atomic E-state index is -1.08. The molecule has 0 aromatic heterocycles. The Hall–Kier alpha value is -2.19. The normalized spacial score (nSPS) is 11.7. The van der Waals surface area contributed by atoms with Crippen LogP contribution in [0.4, 0.5) is 5.69 Å². The van der Waals surface area contributed by atoms with Crippen LogP contribution in [0.2, 0.25) is 5.02 Å². The summed E-state index contributed by atoms with van der Waals surface area (Å²) in [7, 11) is 1.31. The van der Waals surface area contributed by atoms with Gasteiger partial charge < -0.3 is 15.2 Å². The van der Waals surface area contributed by atoms with Crippen LogP contribution in [0.3, 0.4) is 0 Å². The molecule has 2 N–H and O–H groups in total. The number of carboxylic acids is 1.